The Bertz CT molecular complexity index is 1000. The molecule has 1 fully saturated rings. The molecule has 1 aliphatic heterocycles. The van der Waals surface area contributed by atoms with Crippen LogP contribution in [0.3, 0.4) is 0 Å². The molecule has 0 aliphatic carbocycles. The lowest BCUT2D eigenvalue weighted by Crippen LogP contribution is -2.46. The van der Waals surface area contributed by atoms with Gasteiger partial charge in [0.2, 0.25) is 0 Å². The van der Waals surface area contributed by atoms with E-state index in [1.807, 2.05) is 35.2 Å². The summed E-state index contributed by atoms with van der Waals surface area (Å²) >= 11 is 0. The third-order valence-corrected chi connectivity index (χ3v) is 5.30. The Balaban J connectivity index is 1.30. The fourth-order valence-corrected chi connectivity index (χ4v) is 3.58. The maximum Gasteiger partial charge on any atom is 0.255 e. The zero-order valence-corrected chi connectivity index (χ0v) is 16.8. The maximum atomic E-state index is 12.8. The molecule has 1 aromatic heterocycles. The predicted molar refractivity (Wildman–Crippen MR) is 113 cm³/mol. The number of nitrogens with one attached hydrogen (secondary N) is 1. The van der Waals surface area contributed by atoms with E-state index in [0.29, 0.717) is 35.7 Å². The Morgan fingerprint density at radius 2 is 1.63 bits per heavy atom. The second-order valence-electron chi connectivity index (χ2n) is 7.37. The summed E-state index contributed by atoms with van der Waals surface area (Å²) in [7, 11) is 0. The number of nitrogens with zero attached hydrogens (tertiary/aromatic N) is 1. The molecule has 4 rings (SSSR count). The highest BCUT2D eigenvalue weighted by Crippen LogP contribution is 2.22. The second kappa shape index (κ2) is 8.86. The first-order valence-electron chi connectivity index (χ1n) is 10.1. The number of piperidine rings is 1. The van der Waals surface area contributed by atoms with Crippen LogP contribution in [0.2, 0.25) is 0 Å². The molecule has 6 heteroatoms. The van der Waals surface area contributed by atoms with Crippen LogP contribution in [0.4, 0.5) is 0 Å². The topological polar surface area (TPSA) is 71.8 Å². The fraction of sp³-hybridized carbons (Fsp3) is 0.250. The van der Waals surface area contributed by atoms with Gasteiger partial charge < -0.3 is 19.4 Å². The number of benzene rings is 2. The number of furan rings is 1. The maximum absolute atomic E-state index is 12.8. The Morgan fingerprint density at radius 3 is 2.27 bits per heavy atom. The van der Waals surface area contributed by atoms with E-state index in [2.05, 4.69) is 5.32 Å². The largest absolute Gasteiger partial charge is 0.469 e. The molecule has 0 atom stereocenters. The smallest absolute Gasteiger partial charge is 0.255 e. The second-order valence-corrected chi connectivity index (χ2v) is 7.37. The van der Waals surface area contributed by atoms with Gasteiger partial charge in [-0.3, -0.25) is 9.59 Å². The zero-order valence-electron chi connectivity index (χ0n) is 16.8. The number of carbonyl (C=O) groups excluding carboxylic acids is 2. The minimum Gasteiger partial charge on any atom is -0.469 e. The van der Waals surface area contributed by atoms with Crippen LogP contribution >= 0.6 is 0 Å². The van der Waals surface area contributed by atoms with Crippen molar-refractivity contribution in [2.24, 2.45) is 0 Å². The monoisotopic (exact) mass is 404 g/mol. The molecule has 0 spiro atoms. The first kappa shape index (κ1) is 19.8. The van der Waals surface area contributed by atoms with E-state index < -0.39 is 0 Å². The van der Waals surface area contributed by atoms with Crippen LogP contribution in [0, 0.1) is 6.92 Å². The van der Waals surface area contributed by atoms with Crippen LogP contribution < -0.4 is 10.1 Å². The molecule has 6 nitrogen and oxygen atoms in total. The van der Waals surface area contributed by atoms with Gasteiger partial charge in [0.05, 0.1) is 11.8 Å². The summed E-state index contributed by atoms with van der Waals surface area (Å²) in [5, 5.41) is 3.04. The first-order chi connectivity index (χ1) is 14.6. The minimum absolute atomic E-state index is 0.00304. The van der Waals surface area contributed by atoms with Crippen molar-refractivity contribution in [1.82, 2.24) is 10.2 Å². The molecule has 3 aromatic rings. The van der Waals surface area contributed by atoms with Crippen molar-refractivity contribution in [3.63, 3.8) is 0 Å². The van der Waals surface area contributed by atoms with E-state index in [1.54, 1.807) is 37.3 Å². The van der Waals surface area contributed by atoms with E-state index in [0.717, 1.165) is 18.6 Å². The summed E-state index contributed by atoms with van der Waals surface area (Å²) < 4.78 is 11.0. The Morgan fingerprint density at radius 1 is 0.967 bits per heavy atom. The summed E-state index contributed by atoms with van der Waals surface area (Å²) in [6.45, 7) is 2.99. The summed E-state index contributed by atoms with van der Waals surface area (Å²) in [4.78, 5) is 27.0. The Labute approximate surface area is 175 Å². The van der Waals surface area contributed by atoms with Crippen LogP contribution in [-0.4, -0.2) is 35.8 Å². The number of aryl methyl sites for hydroxylation is 1. The lowest BCUT2D eigenvalue weighted by Gasteiger charge is -2.32. The standard InChI is InChI=1S/C24H24N2O4/c1-17-22(13-16-29-17)23(27)25-19-11-14-26(15-12-19)24(28)18-7-9-21(10-8-18)30-20-5-3-2-4-6-20/h2-10,13,16,19H,11-12,14-15H2,1H3,(H,25,27). The highest BCUT2D eigenvalue weighted by Gasteiger charge is 2.25. The molecule has 0 saturated carbocycles. The molecular formula is C24H24N2O4. The van der Waals surface area contributed by atoms with Crippen molar-refractivity contribution >= 4 is 11.8 Å². The van der Waals surface area contributed by atoms with Gasteiger partial charge in [0, 0.05) is 24.7 Å². The highest BCUT2D eigenvalue weighted by molar-refractivity contribution is 5.95. The minimum atomic E-state index is -0.125. The molecule has 0 radical (unpaired) electrons. The zero-order chi connectivity index (χ0) is 20.9. The van der Waals surface area contributed by atoms with Gasteiger partial charge in [0.1, 0.15) is 17.3 Å². The molecule has 154 valence electrons. The lowest BCUT2D eigenvalue weighted by molar-refractivity contribution is 0.0698. The number of rotatable bonds is 5. The summed E-state index contributed by atoms with van der Waals surface area (Å²) in [5.41, 5.74) is 1.19. The van der Waals surface area contributed by atoms with Crippen LogP contribution in [0.25, 0.3) is 0 Å². The van der Waals surface area contributed by atoms with Crippen LogP contribution in [0.5, 0.6) is 11.5 Å². The van der Waals surface area contributed by atoms with Crippen LogP contribution in [0.15, 0.2) is 71.3 Å². The van der Waals surface area contributed by atoms with E-state index >= 15 is 0 Å². The molecule has 1 N–H and O–H groups in total. The van der Waals surface area contributed by atoms with Crippen molar-refractivity contribution in [3.8, 4) is 11.5 Å². The Hall–Kier alpha value is -3.54. The van der Waals surface area contributed by atoms with Crippen LogP contribution in [0.1, 0.15) is 39.3 Å². The average molecular weight is 404 g/mol. The molecule has 2 heterocycles. The third-order valence-electron chi connectivity index (χ3n) is 5.30. The van der Waals surface area contributed by atoms with Gasteiger partial charge in [-0.05, 0) is 62.2 Å². The van der Waals surface area contributed by atoms with E-state index in [4.69, 9.17) is 9.15 Å². The normalized spacial score (nSPS) is 14.4. The molecule has 2 amide bonds. The van der Waals surface area contributed by atoms with Crippen molar-refractivity contribution in [3.05, 3.63) is 83.8 Å². The van der Waals surface area contributed by atoms with E-state index in [-0.39, 0.29) is 17.9 Å². The van der Waals surface area contributed by atoms with Crippen molar-refractivity contribution in [2.45, 2.75) is 25.8 Å². The number of hydrogen-bond donors (Lipinski definition) is 1. The molecular weight excluding hydrogens is 380 g/mol. The number of likely N-dealkylation sites (tertiary alicyclic amines) is 1. The van der Waals surface area contributed by atoms with E-state index in [1.165, 1.54) is 6.26 Å². The van der Waals surface area contributed by atoms with Crippen molar-refractivity contribution < 1.29 is 18.7 Å². The van der Waals surface area contributed by atoms with Crippen molar-refractivity contribution in [1.29, 1.82) is 0 Å². The summed E-state index contributed by atoms with van der Waals surface area (Å²) in [6, 6.07) is 18.4. The molecule has 1 saturated heterocycles. The Kier molecular flexibility index (Phi) is 5.84. The number of carbonyl (C=O) groups is 2. The van der Waals surface area contributed by atoms with Gasteiger partial charge in [-0.2, -0.15) is 0 Å². The van der Waals surface area contributed by atoms with Gasteiger partial charge in [-0.1, -0.05) is 18.2 Å². The average Bonchev–Trinajstić information content (AvgIpc) is 3.21. The SMILES string of the molecule is Cc1occc1C(=O)NC1CCN(C(=O)c2ccc(Oc3ccccc3)cc2)CC1. The van der Waals surface area contributed by atoms with E-state index in [9.17, 15) is 9.59 Å². The van der Waals surface area contributed by atoms with Gasteiger partial charge in [0.25, 0.3) is 11.8 Å². The highest BCUT2D eigenvalue weighted by atomic mass is 16.5. The van der Waals surface area contributed by atoms with Crippen molar-refractivity contribution in [2.75, 3.05) is 13.1 Å². The number of hydrogen-bond acceptors (Lipinski definition) is 4. The molecule has 0 bridgehead atoms. The molecule has 0 unspecified atom stereocenters. The third kappa shape index (κ3) is 4.54. The molecule has 2 aromatic carbocycles. The summed E-state index contributed by atoms with van der Waals surface area (Å²) in [5.74, 6) is 1.93. The molecule has 1 aliphatic rings. The summed E-state index contributed by atoms with van der Waals surface area (Å²) in [6.07, 6.45) is 2.97. The fourth-order valence-electron chi connectivity index (χ4n) is 3.58. The van der Waals surface area contributed by atoms with Gasteiger partial charge in [-0.25, -0.2) is 0 Å². The molecule has 30 heavy (non-hydrogen) atoms. The predicted octanol–water partition coefficient (Wildman–Crippen LogP) is 4.41. The quantitative estimate of drug-likeness (QED) is 0.684. The number of ether oxygens (including phenoxy) is 1. The van der Waals surface area contributed by atoms with Crippen LogP contribution in [-0.2, 0) is 0 Å². The lowest BCUT2D eigenvalue weighted by atomic mass is 10.0. The number of amides is 2. The first-order valence-corrected chi connectivity index (χ1v) is 10.1. The van der Waals surface area contributed by atoms with Gasteiger partial charge >= 0.3 is 0 Å². The van der Waals surface area contributed by atoms with Gasteiger partial charge in [-0.15, -0.1) is 0 Å². The number of para-hydroxylation sites is 1. The van der Waals surface area contributed by atoms with Gasteiger partial charge in [0.15, 0.2) is 0 Å².